The standard InChI is InChI=1S/C17H33NO2/c1-6-18(7-2)12-14(19)11-17(20)15(3,4)13-8-9-16(17,5)10-13/h13-14,19-20H,6-12H2,1-5H3/t13?,14-,16+,17-/m0/s1. The molecule has 0 aromatic rings. The maximum Gasteiger partial charge on any atom is 0.0779 e. The summed E-state index contributed by atoms with van der Waals surface area (Å²) in [5.74, 6) is 0.609. The first kappa shape index (κ1) is 16.3. The van der Waals surface area contributed by atoms with E-state index in [2.05, 4.69) is 39.5 Å². The Morgan fingerprint density at radius 1 is 1.20 bits per heavy atom. The lowest BCUT2D eigenvalue weighted by atomic mass is 9.58. The van der Waals surface area contributed by atoms with Crippen LogP contribution in [0.5, 0.6) is 0 Å². The molecule has 1 unspecified atom stereocenters. The van der Waals surface area contributed by atoms with Gasteiger partial charge in [-0.2, -0.15) is 0 Å². The van der Waals surface area contributed by atoms with Gasteiger partial charge in [-0.15, -0.1) is 0 Å². The summed E-state index contributed by atoms with van der Waals surface area (Å²) in [6, 6.07) is 0. The normalized spacial score (nSPS) is 40.5. The molecule has 2 rings (SSSR count). The van der Waals surface area contributed by atoms with E-state index in [9.17, 15) is 10.2 Å². The predicted octanol–water partition coefficient (Wildman–Crippen LogP) is 2.66. The number of likely N-dealkylation sites (N-methyl/N-ethyl adjacent to an activating group) is 1. The molecule has 118 valence electrons. The Bertz CT molecular complexity index is 346. The van der Waals surface area contributed by atoms with E-state index in [0.717, 1.165) is 25.9 Å². The monoisotopic (exact) mass is 283 g/mol. The third-order valence-corrected chi connectivity index (χ3v) is 6.72. The summed E-state index contributed by atoms with van der Waals surface area (Å²) in [4.78, 5) is 2.23. The Morgan fingerprint density at radius 2 is 1.80 bits per heavy atom. The van der Waals surface area contributed by atoms with Gasteiger partial charge < -0.3 is 15.1 Å². The maximum absolute atomic E-state index is 11.4. The van der Waals surface area contributed by atoms with Crippen molar-refractivity contribution in [2.75, 3.05) is 19.6 Å². The van der Waals surface area contributed by atoms with Crippen LogP contribution in [0.25, 0.3) is 0 Å². The first-order valence-corrected chi connectivity index (χ1v) is 8.33. The summed E-state index contributed by atoms with van der Waals surface area (Å²) in [6.45, 7) is 13.4. The van der Waals surface area contributed by atoms with E-state index in [1.807, 2.05) is 0 Å². The van der Waals surface area contributed by atoms with Crippen LogP contribution < -0.4 is 0 Å². The fraction of sp³-hybridized carbons (Fsp3) is 1.00. The van der Waals surface area contributed by atoms with Crippen LogP contribution >= 0.6 is 0 Å². The van der Waals surface area contributed by atoms with Crippen LogP contribution in [-0.4, -0.2) is 46.5 Å². The number of aliphatic hydroxyl groups is 2. The molecule has 3 nitrogen and oxygen atoms in total. The second-order valence-corrected chi connectivity index (χ2v) is 7.93. The minimum absolute atomic E-state index is 0.00853. The molecule has 0 aromatic heterocycles. The van der Waals surface area contributed by atoms with Gasteiger partial charge in [0.1, 0.15) is 0 Å². The van der Waals surface area contributed by atoms with E-state index in [-0.39, 0.29) is 10.8 Å². The van der Waals surface area contributed by atoms with Crippen LogP contribution in [0.3, 0.4) is 0 Å². The Morgan fingerprint density at radius 3 is 2.25 bits per heavy atom. The highest BCUT2D eigenvalue weighted by Crippen LogP contribution is 2.69. The molecule has 4 atom stereocenters. The molecular formula is C17H33NO2. The van der Waals surface area contributed by atoms with Gasteiger partial charge in [0, 0.05) is 13.0 Å². The van der Waals surface area contributed by atoms with Gasteiger partial charge in [0.25, 0.3) is 0 Å². The average molecular weight is 283 g/mol. The zero-order valence-corrected chi connectivity index (χ0v) is 13.9. The molecule has 2 aliphatic rings. The van der Waals surface area contributed by atoms with Gasteiger partial charge in [-0.25, -0.2) is 0 Å². The van der Waals surface area contributed by atoms with Crippen molar-refractivity contribution in [1.82, 2.24) is 4.90 Å². The number of rotatable bonds is 6. The van der Waals surface area contributed by atoms with Crippen LogP contribution in [-0.2, 0) is 0 Å². The van der Waals surface area contributed by atoms with E-state index in [1.165, 1.54) is 6.42 Å². The molecule has 0 aliphatic heterocycles. The third-order valence-electron chi connectivity index (χ3n) is 6.72. The molecular weight excluding hydrogens is 250 g/mol. The number of hydrogen-bond acceptors (Lipinski definition) is 3. The molecule has 2 saturated carbocycles. The summed E-state index contributed by atoms with van der Waals surface area (Å²) in [6.07, 6.45) is 3.54. The Labute approximate surface area is 124 Å². The van der Waals surface area contributed by atoms with Gasteiger partial charge >= 0.3 is 0 Å². The van der Waals surface area contributed by atoms with Crippen molar-refractivity contribution in [2.24, 2.45) is 16.7 Å². The second-order valence-electron chi connectivity index (χ2n) is 7.93. The van der Waals surface area contributed by atoms with E-state index in [4.69, 9.17) is 0 Å². The molecule has 2 aliphatic carbocycles. The molecule has 0 heterocycles. The lowest BCUT2D eigenvalue weighted by Crippen LogP contribution is -2.56. The van der Waals surface area contributed by atoms with Gasteiger partial charge in [-0.3, -0.25) is 0 Å². The minimum Gasteiger partial charge on any atom is -0.392 e. The number of fused-ring (bicyclic) bond motifs is 2. The molecule has 0 amide bonds. The third kappa shape index (κ3) is 2.22. The zero-order chi connectivity index (χ0) is 15.2. The van der Waals surface area contributed by atoms with Crippen LogP contribution in [0, 0.1) is 16.7 Å². The first-order valence-electron chi connectivity index (χ1n) is 8.33. The number of aliphatic hydroxyl groups excluding tert-OH is 1. The summed E-state index contributed by atoms with van der Waals surface area (Å²) < 4.78 is 0. The van der Waals surface area contributed by atoms with Crippen molar-refractivity contribution in [3.8, 4) is 0 Å². The smallest absolute Gasteiger partial charge is 0.0779 e. The van der Waals surface area contributed by atoms with Crippen molar-refractivity contribution in [2.45, 2.75) is 72.0 Å². The SMILES string of the molecule is CCN(CC)C[C@@H](O)C[C@]1(O)C(C)(C)C2CC[C@]1(C)C2. The predicted molar refractivity (Wildman–Crippen MR) is 82.6 cm³/mol. The van der Waals surface area contributed by atoms with Gasteiger partial charge in [0.15, 0.2) is 0 Å². The van der Waals surface area contributed by atoms with Gasteiger partial charge in [0.2, 0.25) is 0 Å². The number of nitrogens with zero attached hydrogens (tertiary/aromatic N) is 1. The van der Waals surface area contributed by atoms with Crippen LogP contribution in [0.1, 0.15) is 60.3 Å². The highest BCUT2D eigenvalue weighted by Gasteiger charge is 2.68. The largest absolute Gasteiger partial charge is 0.392 e. The highest BCUT2D eigenvalue weighted by atomic mass is 16.3. The molecule has 0 radical (unpaired) electrons. The summed E-state index contributed by atoms with van der Waals surface area (Å²) >= 11 is 0. The molecule has 0 saturated heterocycles. The van der Waals surface area contributed by atoms with Crippen molar-refractivity contribution in [1.29, 1.82) is 0 Å². The van der Waals surface area contributed by atoms with Gasteiger partial charge in [-0.05, 0) is 49.1 Å². The Hall–Kier alpha value is -0.120. The summed E-state index contributed by atoms with van der Waals surface area (Å²) in [5.41, 5.74) is -0.814. The van der Waals surface area contributed by atoms with Crippen molar-refractivity contribution in [3.05, 3.63) is 0 Å². The van der Waals surface area contributed by atoms with Crippen molar-refractivity contribution >= 4 is 0 Å². The lowest BCUT2D eigenvalue weighted by Gasteiger charge is -2.51. The second kappa shape index (κ2) is 5.26. The summed E-state index contributed by atoms with van der Waals surface area (Å²) in [7, 11) is 0. The Kier molecular flexibility index (Phi) is 4.27. The van der Waals surface area contributed by atoms with E-state index >= 15 is 0 Å². The summed E-state index contributed by atoms with van der Waals surface area (Å²) in [5, 5.41) is 21.9. The quantitative estimate of drug-likeness (QED) is 0.787. The fourth-order valence-corrected chi connectivity index (χ4v) is 5.04. The van der Waals surface area contributed by atoms with Crippen molar-refractivity contribution < 1.29 is 10.2 Å². The average Bonchev–Trinajstić information content (AvgIpc) is 2.84. The first-order chi connectivity index (χ1) is 9.20. The molecule has 0 spiro atoms. The Balaban J connectivity index is 2.11. The minimum atomic E-state index is -0.727. The molecule has 2 bridgehead atoms. The lowest BCUT2D eigenvalue weighted by molar-refractivity contribution is -0.164. The molecule has 2 fully saturated rings. The van der Waals surface area contributed by atoms with E-state index in [0.29, 0.717) is 18.9 Å². The molecule has 20 heavy (non-hydrogen) atoms. The van der Waals surface area contributed by atoms with Crippen LogP contribution in [0.2, 0.25) is 0 Å². The van der Waals surface area contributed by atoms with Gasteiger partial charge in [0.05, 0.1) is 11.7 Å². The highest BCUT2D eigenvalue weighted by molar-refractivity contribution is 5.18. The van der Waals surface area contributed by atoms with E-state index in [1.54, 1.807) is 0 Å². The number of hydrogen-bond donors (Lipinski definition) is 2. The molecule has 3 heteroatoms. The maximum atomic E-state index is 11.4. The van der Waals surface area contributed by atoms with Crippen LogP contribution in [0.4, 0.5) is 0 Å². The molecule has 0 aromatic carbocycles. The van der Waals surface area contributed by atoms with Crippen molar-refractivity contribution in [3.63, 3.8) is 0 Å². The van der Waals surface area contributed by atoms with E-state index < -0.39 is 11.7 Å². The molecule has 2 N–H and O–H groups in total. The van der Waals surface area contributed by atoms with Crippen LogP contribution in [0.15, 0.2) is 0 Å². The van der Waals surface area contributed by atoms with Gasteiger partial charge in [-0.1, -0.05) is 34.6 Å². The fourth-order valence-electron chi connectivity index (χ4n) is 5.04. The topological polar surface area (TPSA) is 43.7 Å². The zero-order valence-electron chi connectivity index (χ0n) is 13.9.